The molecule has 0 bridgehead atoms. The largest absolute Gasteiger partial charge is 0.495 e. The molecule has 0 radical (unpaired) electrons. The van der Waals surface area contributed by atoms with Crippen LogP contribution in [0.15, 0.2) is 35.9 Å². The monoisotopic (exact) mass is 231 g/mol. The quantitative estimate of drug-likeness (QED) is 0.426. The van der Waals surface area contributed by atoms with Gasteiger partial charge in [0.15, 0.2) is 0 Å². The molecule has 0 aliphatic carbocycles. The van der Waals surface area contributed by atoms with Gasteiger partial charge in [0.05, 0.1) is 11.6 Å². The van der Waals surface area contributed by atoms with Gasteiger partial charge in [0.2, 0.25) is 0 Å². The molecule has 0 aromatic carbocycles. The highest BCUT2D eigenvalue weighted by molar-refractivity contribution is 6.55. The highest BCUT2D eigenvalue weighted by Crippen LogP contribution is 2.25. The fourth-order valence-corrected chi connectivity index (χ4v) is 1.57. The van der Waals surface area contributed by atoms with Crippen molar-refractivity contribution in [3.63, 3.8) is 0 Å². The van der Waals surface area contributed by atoms with Crippen LogP contribution >= 0.6 is 0 Å². The number of hydrogen-bond acceptors (Lipinski definition) is 3. The number of nitriles is 1. The van der Waals surface area contributed by atoms with E-state index >= 15 is 0 Å². The summed E-state index contributed by atoms with van der Waals surface area (Å²) in [4.78, 5) is 0. The average molecular weight is 231 g/mol. The van der Waals surface area contributed by atoms with Gasteiger partial charge in [-0.1, -0.05) is 38.7 Å². The van der Waals surface area contributed by atoms with Crippen LogP contribution in [-0.2, 0) is 9.31 Å². The SMILES string of the molecule is C=C/C(C#N)=C(\C=C/C)B1OCC(C)(C)CO1. The molecule has 0 aromatic heterocycles. The maximum absolute atomic E-state index is 9.03. The van der Waals surface area contributed by atoms with Gasteiger partial charge in [0.1, 0.15) is 0 Å². The van der Waals surface area contributed by atoms with Crippen LogP contribution < -0.4 is 0 Å². The van der Waals surface area contributed by atoms with Crippen LogP contribution in [0.1, 0.15) is 20.8 Å². The summed E-state index contributed by atoms with van der Waals surface area (Å²) in [6.45, 7) is 10.9. The first-order valence-corrected chi connectivity index (χ1v) is 5.66. The van der Waals surface area contributed by atoms with E-state index in [-0.39, 0.29) is 5.41 Å². The maximum atomic E-state index is 9.03. The molecular weight excluding hydrogens is 213 g/mol. The van der Waals surface area contributed by atoms with Crippen LogP contribution in [-0.4, -0.2) is 20.3 Å². The van der Waals surface area contributed by atoms with Crippen molar-refractivity contribution in [2.75, 3.05) is 13.2 Å². The Hall–Kier alpha value is -1.31. The van der Waals surface area contributed by atoms with Gasteiger partial charge in [-0.2, -0.15) is 5.26 Å². The third-order valence-electron chi connectivity index (χ3n) is 2.49. The zero-order chi connectivity index (χ0) is 12.9. The van der Waals surface area contributed by atoms with Gasteiger partial charge >= 0.3 is 7.12 Å². The molecule has 17 heavy (non-hydrogen) atoms. The normalized spacial score (nSPS) is 20.9. The first-order valence-electron chi connectivity index (χ1n) is 5.66. The van der Waals surface area contributed by atoms with Crippen molar-refractivity contribution in [3.8, 4) is 6.07 Å². The molecule has 3 nitrogen and oxygen atoms in total. The molecule has 0 atom stereocenters. The predicted octanol–water partition coefficient (Wildman–Crippen LogP) is 2.67. The predicted molar refractivity (Wildman–Crippen MR) is 69.1 cm³/mol. The summed E-state index contributed by atoms with van der Waals surface area (Å²) >= 11 is 0. The Morgan fingerprint density at radius 3 is 2.41 bits per heavy atom. The van der Waals surface area contributed by atoms with Gasteiger partial charge in [-0.25, -0.2) is 0 Å². The van der Waals surface area contributed by atoms with Crippen molar-refractivity contribution in [2.45, 2.75) is 20.8 Å². The first-order chi connectivity index (χ1) is 8.04. The van der Waals surface area contributed by atoms with E-state index in [4.69, 9.17) is 14.6 Å². The number of allylic oxidation sites excluding steroid dienone is 5. The van der Waals surface area contributed by atoms with Gasteiger partial charge in [-0.05, 0) is 12.4 Å². The van der Waals surface area contributed by atoms with E-state index in [1.165, 1.54) is 6.08 Å². The summed E-state index contributed by atoms with van der Waals surface area (Å²) in [5.74, 6) is 0. The number of rotatable bonds is 3. The molecule has 1 aliphatic rings. The Balaban J connectivity index is 2.92. The molecule has 0 N–H and O–H groups in total. The molecule has 1 aliphatic heterocycles. The van der Waals surface area contributed by atoms with Crippen LogP contribution in [0.3, 0.4) is 0 Å². The molecule has 1 heterocycles. The van der Waals surface area contributed by atoms with Crippen molar-refractivity contribution in [1.29, 1.82) is 5.26 Å². The van der Waals surface area contributed by atoms with Crippen LogP contribution in [0.25, 0.3) is 0 Å². The third kappa shape index (κ3) is 3.59. The summed E-state index contributed by atoms with van der Waals surface area (Å²) in [7, 11) is -0.466. The molecule has 90 valence electrons. The molecule has 1 rings (SSSR count). The van der Waals surface area contributed by atoms with Crippen molar-refractivity contribution >= 4 is 7.12 Å². The third-order valence-corrected chi connectivity index (χ3v) is 2.49. The zero-order valence-electron chi connectivity index (χ0n) is 10.7. The topological polar surface area (TPSA) is 42.2 Å². The van der Waals surface area contributed by atoms with Crippen LogP contribution in [0.5, 0.6) is 0 Å². The number of hydrogen-bond donors (Lipinski definition) is 0. The molecule has 1 fully saturated rings. The van der Waals surface area contributed by atoms with Crippen molar-refractivity contribution in [1.82, 2.24) is 0 Å². The molecule has 0 saturated carbocycles. The Bertz CT molecular complexity index is 381. The van der Waals surface area contributed by atoms with Gasteiger partial charge in [0.25, 0.3) is 0 Å². The lowest BCUT2D eigenvalue weighted by Crippen LogP contribution is -2.41. The lowest BCUT2D eigenvalue weighted by atomic mass is 9.72. The second-order valence-corrected chi connectivity index (χ2v) is 4.80. The minimum absolute atomic E-state index is 0.0263. The minimum atomic E-state index is -0.466. The summed E-state index contributed by atoms with van der Waals surface area (Å²) in [6, 6.07) is 2.10. The van der Waals surface area contributed by atoms with E-state index in [0.717, 1.165) is 5.47 Å². The van der Waals surface area contributed by atoms with Gasteiger partial charge in [-0.15, -0.1) is 0 Å². The van der Waals surface area contributed by atoms with Crippen molar-refractivity contribution < 1.29 is 9.31 Å². The molecule has 0 unspecified atom stereocenters. The molecule has 4 heteroatoms. The highest BCUT2D eigenvalue weighted by Gasteiger charge is 2.34. The van der Waals surface area contributed by atoms with E-state index in [0.29, 0.717) is 18.8 Å². The number of nitrogens with zero attached hydrogens (tertiary/aromatic N) is 1. The van der Waals surface area contributed by atoms with E-state index in [1.807, 2.05) is 19.1 Å². The van der Waals surface area contributed by atoms with Crippen LogP contribution in [0, 0.1) is 16.7 Å². The Morgan fingerprint density at radius 2 is 2.00 bits per heavy atom. The Labute approximate surface area is 104 Å². The summed E-state index contributed by atoms with van der Waals surface area (Å²) in [5.41, 5.74) is 1.26. The summed E-state index contributed by atoms with van der Waals surface area (Å²) in [6.07, 6.45) is 5.23. The molecule has 1 saturated heterocycles. The second kappa shape index (κ2) is 5.86. The smallest absolute Gasteiger partial charge is 0.407 e. The maximum Gasteiger partial charge on any atom is 0.495 e. The first kappa shape index (κ1) is 13.8. The van der Waals surface area contributed by atoms with Gasteiger partial charge < -0.3 is 9.31 Å². The lowest BCUT2D eigenvalue weighted by Gasteiger charge is -2.33. The fourth-order valence-electron chi connectivity index (χ4n) is 1.57. The zero-order valence-corrected chi connectivity index (χ0v) is 10.7. The fraction of sp³-hybridized carbons (Fsp3) is 0.462. The van der Waals surface area contributed by atoms with Crippen molar-refractivity contribution in [2.24, 2.45) is 5.41 Å². The highest BCUT2D eigenvalue weighted by atomic mass is 16.6. The van der Waals surface area contributed by atoms with Gasteiger partial charge in [0, 0.05) is 18.6 Å². The summed E-state index contributed by atoms with van der Waals surface area (Å²) in [5, 5.41) is 9.03. The van der Waals surface area contributed by atoms with E-state index in [9.17, 15) is 0 Å². The standard InChI is InChI=1S/C13H18BNO2/c1-5-7-12(11(6-2)8-15)14-16-9-13(3,4)10-17-14/h5-7H,2,9-10H2,1,3-4H3/b7-5-,12-11-. The van der Waals surface area contributed by atoms with E-state index < -0.39 is 7.12 Å². The second-order valence-electron chi connectivity index (χ2n) is 4.80. The average Bonchev–Trinajstić information content (AvgIpc) is 2.30. The molecule has 0 aromatic rings. The molecule has 0 amide bonds. The van der Waals surface area contributed by atoms with Crippen LogP contribution in [0.4, 0.5) is 0 Å². The van der Waals surface area contributed by atoms with E-state index in [2.05, 4.69) is 26.5 Å². The van der Waals surface area contributed by atoms with Crippen LogP contribution in [0.2, 0.25) is 0 Å². The lowest BCUT2D eigenvalue weighted by molar-refractivity contribution is 0.0325. The Kier molecular flexibility index (Phi) is 4.74. The molecular formula is C13H18BNO2. The summed E-state index contributed by atoms with van der Waals surface area (Å²) < 4.78 is 11.3. The minimum Gasteiger partial charge on any atom is -0.407 e. The molecule has 0 spiro atoms. The van der Waals surface area contributed by atoms with Crippen molar-refractivity contribution in [3.05, 3.63) is 35.9 Å². The van der Waals surface area contributed by atoms with Gasteiger partial charge in [-0.3, -0.25) is 0 Å². The van der Waals surface area contributed by atoms with E-state index in [1.54, 1.807) is 0 Å². The Morgan fingerprint density at radius 1 is 1.41 bits per heavy atom.